The van der Waals surface area contributed by atoms with E-state index in [1.807, 2.05) is 6.92 Å². The summed E-state index contributed by atoms with van der Waals surface area (Å²) in [6.45, 7) is 5.33. The van der Waals surface area contributed by atoms with E-state index in [0.717, 1.165) is 0 Å². The Bertz CT molecular complexity index is 970. The van der Waals surface area contributed by atoms with E-state index in [2.05, 4.69) is 21.2 Å². The summed E-state index contributed by atoms with van der Waals surface area (Å²) >= 11 is 4.70. The first-order chi connectivity index (χ1) is 14.4. The molecule has 0 bridgehead atoms. The van der Waals surface area contributed by atoms with Crippen molar-refractivity contribution in [2.75, 3.05) is 38.7 Å². The van der Waals surface area contributed by atoms with Gasteiger partial charge in [-0.1, -0.05) is 13.0 Å². The molecule has 1 aliphatic rings. The number of nitrogens with one attached hydrogen (secondary N) is 1. The maximum absolute atomic E-state index is 13.0. The van der Waals surface area contributed by atoms with E-state index in [0.29, 0.717) is 58.0 Å². The molecule has 30 heavy (non-hydrogen) atoms. The summed E-state index contributed by atoms with van der Waals surface area (Å²) in [6, 6.07) is 3.51. The van der Waals surface area contributed by atoms with Crippen LogP contribution in [0.15, 0.2) is 16.6 Å². The zero-order valence-corrected chi connectivity index (χ0v) is 19.4. The van der Waals surface area contributed by atoms with Gasteiger partial charge in [-0.3, -0.25) is 9.59 Å². The molecule has 1 saturated heterocycles. The summed E-state index contributed by atoms with van der Waals surface area (Å²) < 4.78 is 17.7. The van der Waals surface area contributed by atoms with Gasteiger partial charge in [0.15, 0.2) is 11.9 Å². The van der Waals surface area contributed by atoms with Gasteiger partial charge in [-0.25, -0.2) is 4.79 Å². The van der Waals surface area contributed by atoms with Crippen molar-refractivity contribution in [3.63, 3.8) is 0 Å². The van der Waals surface area contributed by atoms with Crippen LogP contribution in [0.3, 0.4) is 0 Å². The zero-order valence-electron chi connectivity index (χ0n) is 17.0. The van der Waals surface area contributed by atoms with Gasteiger partial charge in [0.1, 0.15) is 10.6 Å². The van der Waals surface area contributed by atoms with Gasteiger partial charge in [0.25, 0.3) is 5.91 Å². The lowest BCUT2D eigenvalue weighted by molar-refractivity contribution is -0.142. The fraction of sp³-hybridized carbons (Fsp3) is 0.450. The Morgan fingerprint density at radius 1 is 1.30 bits per heavy atom. The summed E-state index contributed by atoms with van der Waals surface area (Å²) in [7, 11) is 1.29. The van der Waals surface area contributed by atoms with Gasteiger partial charge >= 0.3 is 5.97 Å². The molecule has 162 valence electrons. The molecule has 2 amide bonds. The van der Waals surface area contributed by atoms with Crippen molar-refractivity contribution in [3.8, 4) is 5.75 Å². The second-order valence-corrected chi connectivity index (χ2v) is 8.56. The number of halogens is 1. The number of methoxy groups -OCH3 is 1. The fourth-order valence-corrected chi connectivity index (χ4v) is 4.99. The molecule has 1 aromatic heterocycles. The molecule has 2 heterocycles. The number of anilines is 1. The Kier molecular flexibility index (Phi) is 7.32. The van der Waals surface area contributed by atoms with Gasteiger partial charge in [0.05, 0.1) is 29.5 Å². The van der Waals surface area contributed by atoms with Crippen LogP contribution in [0.2, 0.25) is 0 Å². The number of benzene rings is 1. The third kappa shape index (κ3) is 4.60. The minimum atomic E-state index is -0.683. The molecule has 3 rings (SSSR count). The Balaban J connectivity index is 2.02. The number of rotatable bonds is 6. The normalized spacial score (nSPS) is 15.0. The van der Waals surface area contributed by atoms with Gasteiger partial charge in [-0.2, -0.15) is 0 Å². The highest BCUT2D eigenvalue weighted by Crippen LogP contribution is 2.45. The van der Waals surface area contributed by atoms with E-state index in [1.54, 1.807) is 17.0 Å². The molecule has 0 spiro atoms. The van der Waals surface area contributed by atoms with E-state index in [1.165, 1.54) is 25.4 Å². The van der Waals surface area contributed by atoms with Crippen LogP contribution in [-0.2, 0) is 19.1 Å². The summed E-state index contributed by atoms with van der Waals surface area (Å²) in [6.07, 6.45) is -0.204. The number of fused-ring (bicyclic) bond motifs is 1. The predicted octanol–water partition coefficient (Wildman–Crippen LogP) is 3.43. The third-order valence-electron chi connectivity index (χ3n) is 4.67. The summed E-state index contributed by atoms with van der Waals surface area (Å²) in [5.41, 5.74) is 0.262. The standard InChI is InChI=1S/C20H23BrN2O6S/c1-4-14(19(25)23-7-9-28-10-8-23)29-16-13(21)6-5-12-15(20(26)27-3)18(22-11(2)24)30-17(12)16/h5-6,14H,4,7-10H2,1-3H3,(H,22,24). The topological polar surface area (TPSA) is 94.2 Å². The molecule has 1 fully saturated rings. The van der Waals surface area contributed by atoms with Gasteiger partial charge in [0.2, 0.25) is 5.91 Å². The van der Waals surface area contributed by atoms with E-state index >= 15 is 0 Å². The Morgan fingerprint density at radius 2 is 2.00 bits per heavy atom. The molecule has 10 heteroatoms. The van der Waals surface area contributed by atoms with Crippen LogP contribution < -0.4 is 10.1 Å². The Morgan fingerprint density at radius 3 is 2.60 bits per heavy atom. The van der Waals surface area contributed by atoms with E-state index in [4.69, 9.17) is 14.2 Å². The van der Waals surface area contributed by atoms with Crippen LogP contribution in [0.5, 0.6) is 5.75 Å². The fourth-order valence-electron chi connectivity index (χ4n) is 3.21. The predicted molar refractivity (Wildman–Crippen MR) is 117 cm³/mol. The molecule has 1 unspecified atom stereocenters. The molecule has 1 N–H and O–H groups in total. The number of nitrogens with zero attached hydrogens (tertiary/aromatic N) is 1. The minimum absolute atomic E-state index is 0.100. The van der Waals surface area contributed by atoms with Gasteiger partial charge in [-0.15, -0.1) is 11.3 Å². The van der Waals surface area contributed by atoms with Crippen molar-refractivity contribution in [1.29, 1.82) is 0 Å². The van der Waals surface area contributed by atoms with Crippen LogP contribution in [0.1, 0.15) is 30.6 Å². The monoisotopic (exact) mass is 498 g/mol. The lowest BCUT2D eigenvalue weighted by atomic mass is 10.1. The first-order valence-electron chi connectivity index (χ1n) is 9.51. The highest BCUT2D eigenvalue weighted by Gasteiger charge is 2.29. The van der Waals surface area contributed by atoms with Crippen LogP contribution in [0, 0.1) is 0 Å². The largest absolute Gasteiger partial charge is 0.478 e. The smallest absolute Gasteiger partial charge is 0.341 e. The van der Waals surface area contributed by atoms with Crippen molar-refractivity contribution in [3.05, 3.63) is 22.2 Å². The summed E-state index contributed by atoms with van der Waals surface area (Å²) in [5.74, 6) is -0.513. The summed E-state index contributed by atoms with van der Waals surface area (Å²) in [4.78, 5) is 38.7. The van der Waals surface area contributed by atoms with Crippen LogP contribution >= 0.6 is 27.3 Å². The molecule has 1 aromatic carbocycles. The Labute approximate surface area is 186 Å². The van der Waals surface area contributed by atoms with Crippen LogP contribution in [-0.4, -0.2) is 62.2 Å². The van der Waals surface area contributed by atoms with Crippen molar-refractivity contribution >= 4 is 60.1 Å². The Hall–Kier alpha value is -2.17. The van der Waals surface area contributed by atoms with Gasteiger partial charge in [0, 0.05) is 25.4 Å². The maximum atomic E-state index is 13.0. The molecular formula is C20H23BrN2O6S. The van der Waals surface area contributed by atoms with Crippen LogP contribution in [0.25, 0.3) is 10.1 Å². The lowest BCUT2D eigenvalue weighted by Crippen LogP contribution is -2.47. The van der Waals surface area contributed by atoms with Crippen molar-refractivity contribution in [2.24, 2.45) is 0 Å². The first-order valence-corrected chi connectivity index (χ1v) is 11.1. The molecule has 1 atom stereocenters. The number of carbonyl (C=O) groups excluding carboxylic acids is 3. The van der Waals surface area contributed by atoms with E-state index in [9.17, 15) is 14.4 Å². The zero-order chi connectivity index (χ0) is 21.8. The third-order valence-corrected chi connectivity index (χ3v) is 6.42. The quantitative estimate of drug-likeness (QED) is 0.613. The summed E-state index contributed by atoms with van der Waals surface area (Å²) in [5, 5.41) is 3.65. The maximum Gasteiger partial charge on any atom is 0.341 e. The minimum Gasteiger partial charge on any atom is -0.478 e. The molecule has 0 saturated carbocycles. The van der Waals surface area contributed by atoms with Gasteiger partial charge < -0.3 is 24.4 Å². The molecule has 0 radical (unpaired) electrons. The highest BCUT2D eigenvalue weighted by atomic mass is 79.9. The van der Waals surface area contributed by atoms with E-state index < -0.39 is 12.1 Å². The van der Waals surface area contributed by atoms with Crippen molar-refractivity contribution in [1.82, 2.24) is 4.90 Å². The van der Waals surface area contributed by atoms with Crippen molar-refractivity contribution in [2.45, 2.75) is 26.4 Å². The number of thiophene rings is 1. The molecule has 1 aliphatic heterocycles. The molecule has 0 aliphatic carbocycles. The number of hydrogen-bond donors (Lipinski definition) is 1. The number of hydrogen-bond acceptors (Lipinski definition) is 7. The lowest BCUT2D eigenvalue weighted by Gasteiger charge is -2.30. The van der Waals surface area contributed by atoms with E-state index in [-0.39, 0.29) is 17.4 Å². The number of carbonyl (C=O) groups is 3. The average molecular weight is 499 g/mol. The van der Waals surface area contributed by atoms with Gasteiger partial charge in [-0.05, 0) is 28.4 Å². The number of morpholine rings is 1. The van der Waals surface area contributed by atoms with Crippen LogP contribution in [0.4, 0.5) is 5.00 Å². The molecular weight excluding hydrogens is 476 g/mol. The number of ether oxygens (including phenoxy) is 3. The number of amides is 2. The molecule has 2 aromatic rings. The van der Waals surface area contributed by atoms with Crippen molar-refractivity contribution < 1.29 is 28.6 Å². The molecule has 8 nitrogen and oxygen atoms in total. The first kappa shape index (κ1) is 22.5. The number of esters is 1. The average Bonchev–Trinajstić information content (AvgIpc) is 3.10. The second kappa shape index (κ2) is 9.76. The SMILES string of the molecule is CCC(Oc1c(Br)ccc2c(C(=O)OC)c(NC(C)=O)sc12)C(=O)N1CCOCC1. The second-order valence-electron chi connectivity index (χ2n) is 6.68. The highest BCUT2D eigenvalue weighted by molar-refractivity contribution is 9.10.